The number of allylic oxidation sites excluding steroid dienone is 1. The minimum Gasteiger partial charge on any atom is -0.480 e. The summed E-state index contributed by atoms with van der Waals surface area (Å²) in [6, 6.07) is 10.9. The van der Waals surface area contributed by atoms with Crippen LogP contribution in [0.2, 0.25) is 0 Å². The van der Waals surface area contributed by atoms with E-state index in [-0.39, 0.29) is 73.4 Å². The number of anilines is 2. The topological polar surface area (TPSA) is 318 Å². The lowest BCUT2D eigenvalue weighted by molar-refractivity contribution is -0.139. The summed E-state index contributed by atoms with van der Waals surface area (Å²) in [5.41, 5.74) is 7.39. The molecular formula is C47H53N13O8S3. The van der Waals surface area contributed by atoms with Crippen LogP contribution in [0.25, 0.3) is 21.6 Å². The highest BCUT2D eigenvalue weighted by Gasteiger charge is 2.42. The third-order valence-electron chi connectivity index (χ3n) is 11.3. The predicted molar refractivity (Wildman–Crippen MR) is 274 cm³/mol. The number of nitrogen functional groups attached to an aromatic ring is 1. The number of benzene rings is 2. The van der Waals surface area contributed by atoms with E-state index in [0.717, 1.165) is 16.0 Å². The molecule has 0 radical (unpaired) electrons. The molecule has 4 atom stereocenters. The van der Waals surface area contributed by atoms with Crippen molar-refractivity contribution in [2.24, 2.45) is 10.9 Å². The fraction of sp³-hybridized carbons (Fsp3) is 0.362. The zero-order valence-corrected chi connectivity index (χ0v) is 41.4. The number of aromatic nitrogens is 5. The summed E-state index contributed by atoms with van der Waals surface area (Å²) in [7, 11) is 0. The van der Waals surface area contributed by atoms with Gasteiger partial charge >= 0.3 is 5.97 Å². The smallest absolute Gasteiger partial charge is 0.326 e. The van der Waals surface area contributed by atoms with Crippen molar-refractivity contribution in [3.63, 3.8) is 0 Å². The number of thioether (sulfide) groups is 1. The summed E-state index contributed by atoms with van der Waals surface area (Å²) in [6.07, 6.45) is 5.36. The van der Waals surface area contributed by atoms with E-state index in [1.54, 1.807) is 25.1 Å². The van der Waals surface area contributed by atoms with Crippen LogP contribution in [-0.2, 0) is 43.6 Å². The average molecular weight is 1020 g/mol. The number of aromatic amines is 1. The number of nitrogens with two attached hydrogens (primary N) is 1. The zero-order chi connectivity index (χ0) is 50.8. The number of carboxylic acids is 1. The van der Waals surface area contributed by atoms with Crippen LogP contribution in [0.15, 0.2) is 76.7 Å². The van der Waals surface area contributed by atoms with Crippen molar-refractivity contribution in [1.82, 2.24) is 51.5 Å². The number of amides is 5. The Hall–Kier alpha value is -7.18. The van der Waals surface area contributed by atoms with Gasteiger partial charge in [0.25, 0.3) is 11.5 Å². The average Bonchev–Trinajstić information content (AvgIpc) is 3.96. The standard InChI is InChI=1S/C47H53N13O8S3/c1-24(2)35-41(64)54-29(6-4-5-17-69)18-33(62)51-22-34-56-36(43-60-47(3,23-70-43)45(68)57-35)38(71-34)26-9-7-25(8-10-26)19-50-32(61)16-15-31(44(66)67)55-40(63)27-11-13-28(14-12-27)49-20-30-21-52-39-37(53-30)42(65)59-46(48)58-39/h4,6-14,21,24,29,31,35,49,69H,5,15-20,22-23H2,1-3H3,(H,50,61)(H,51,62)(H,54,64)(H,55,63)(H,57,68)(H,66,67)(H3,48,52,58,59,65)/b6-4+/t29?,31-,35?,47-/m0/s1. The Bertz CT molecular complexity index is 2940. The summed E-state index contributed by atoms with van der Waals surface area (Å²) < 4.78 is 0. The number of hydrogen-bond donors (Lipinski definition) is 10. The lowest BCUT2D eigenvalue weighted by Gasteiger charge is -2.27. The molecule has 2 unspecified atom stereocenters. The zero-order valence-electron chi connectivity index (χ0n) is 38.9. The summed E-state index contributed by atoms with van der Waals surface area (Å²) in [6.45, 7) is 5.87. The van der Waals surface area contributed by atoms with E-state index in [0.29, 0.717) is 45.1 Å². The normalized spacial score (nSPS) is 18.9. The van der Waals surface area contributed by atoms with E-state index in [1.165, 1.54) is 41.4 Å². The van der Waals surface area contributed by atoms with E-state index in [9.17, 15) is 38.7 Å². The summed E-state index contributed by atoms with van der Waals surface area (Å²) in [5, 5.41) is 28.3. The summed E-state index contributed by atoms with van der Waals surface area (Å²) >= 11 is 7.01. The Morgan fingerprint density at radius 3 is 2.49 bits per heavy atom. The third-order valence-corrected chi connectivity index (χ3v) is 14.0. The number of thiazole rings is 1. The predicted octanol–water partition coefficient (Wildman–Crippen LogP) is 3.08. The van der Waals surface area contributed by atoms with E-state index in [1.807, 2.05) is 44.2 Å². The van der Waals surface area contributed by atoms with E-state index in [2.05, 4.69) is 64.5 Å². The number of H-pyrrole nitrogens is 1. The second-order valence-electron chi connectivity index (χ2n) is 17.3. The highest BCUT2D eigenvalue weighted by atomic mass is 32.2. The molecule has 372 valence electrons. The molecule has 0 spiro atoms. The second kappa shape index (κ2) is 23.2. The Kier molecular flexibility index (Phi) is 16.9. The number of carboxylic acid groups (broad SMARTS) is 1. The SMILES string of the molecule is CC(C)C1NC(=O)[C@]2(C)CSC(=N2)c2nc(sc2-c2ccc(CNC(=O)CC[C@H](NC(=O)c3ccc(NCc4cnc5nc(N)[nH]c(=O)c5n4)cc3)C(=O)O)cc2)CNC(=O)CC(/C=C/CCS)NC1=O. The molecule has 24 heteroatoms. The first kappa shape index (κ1) is 51.7. The van der Waals surface area contributed by atoms with Crippen molar-refractivity contribution in [1.29, 1.82) is 0 Å². The third kappa shape index (κ3) is 13.4. The van der Waals surface area contributed by atoms with Gasteiger partial charge in [-0.2, -0.15) is 17.6 Å². The van der Waals surface area contributed by atoms with Gasteiger partial charge < -0.3 is 42.7 Å². The monoisotopic (exact) mass is 1020 g/mol. The maximum atomic E-state index is 13.8. The Balaban J connectivity index is 0.954. The molecule has 5 amide bonds. The molecule has 0 aliphatic carbocycles. The Morgan fingerprint density at radius 1 is 1.01 bits per heavy atom. The van der Waals surface area contributed by atoms with Gasteiger partial charge in [-0.3, -0.25) is 38.7 Å². The molecule has 4 bridgehead atoms. The second-order valence-corrected chi connectivity index (χ2v) is 19.8. The van der Waals surface area contributed by atoms with E-state index in [4.69, 9.17) is 15.7 Å². The van der Waals surface area contributed by atoms with Crippen molar-refractivity contribution < 1.29 is 33.9 Å². The number of aliphatic imine (C=N–C) groups is 1. The van der Waals surface area contributed by atoms with Gasteiger partial charge in [-0.05, 0) is 66.8 Å². The van der Waals surface area contributed by atoms with Crippen LogP contribution >= 0.6 is 35.7 Å². The van der Waals surface area contributed by atoms with Crippen molar-refractivity contribution >= 4 is 99.1 Å². The fourth-order valence-electron chi connectivity index (χ4n) is 7.39. The molecule has 71 heavy (non-hydrogen) atoms. The molecule has 21 nitrogen and oxygen atoms in total. The number of nitrogens with one attached hydrogen (secondary N) is 7. The molecule has 10 N–H and O–H groups in total. The Labute approximate surface area is 421 Å². The molecule has 5 heterocycles. The van der Waals surface area contributed by atoms with Crippen molar-refractivity contribution in [3.8, 4) is 10.4 Å². The molecule has 2 aliphatic heterocycles. The van der Waals surface area contributed by atoms with Gasteiger partial charge in [0.05, 0.1) is 42.3 Å². The highest BCUT2D eigenvalue weighted by Crippen LogP contribution is 2.38. The minimum atomic E-state index is -1.34. The van der Waals surface area contributed by atoms with Gasteiger partial charge in [0.15, 0.2) is 11.2 Å². The van der Waals surface area contributed by atoms with Gasteiger partial charge in [-0.15, -0.1) is 23.1 Å². The maximum Gasteiger partial charge on any atom is 0.326 e. The Morgan fingerprint density at radius 2 is 1.77 bits per heavy atom. The maximum absolute atomic E-state index is 13.8. The van der Waals surface area contributed by atoms with Gasteiger partial charge in [0.2, 0.25) is 29.6 Å². The minimum absolute atomic E-state index is 0.0301. The van der Waals surface area contributed by atoms with Crippen LogP contribution in [0.3, 0.4) is 0 Å². The molecular weight excluding hydrogens is 971 g/mol. The molecule has 3 aromatic heterocycles. The quantitative estimate of drug-likeness (QED) is 0.0502. The number of carbonyl (C=O) groups excluding carboxylic acids is 5. The van der Waals surface area contributed by atoms with Crippen molar-refractivity contribution in [3.05, 3.63) is 105 Å². The molecule has 0 fully saturated rings. The van der Waals surface area contributed by atoms with Crippen LogP contribution in [-0.4, -0.2) is 106 Å². The largest absolute Gasteiger partial charge is 0.480 e. The van der Waals surface area contributed by atoms with Crippen LogP contribution in [0.4, 0.5) is 11.6 Å². The van der Waals surface area contributed by atoms with Gasteiger partial charge in [-0.25, -0.2) is 19.7 Å². The molecule has 2 aliphatic rings. The molecule has 2 aromatic carbocycles. The first-order valence-corrected chi connectivity index (χ1v) is 25.0. The van der Waals surface area contributed by atoms with E-state index >= 15 is 0 Å². The van der Waals surface area contributed by atoms with Gasteiger partial charge in [-0.1, -0.05) is 50.3 Å². The number of thiol groups is 1. The first-order chi connectivity index (χ1) is 34.0. The molecule has 7 rings (SSSR count). The summed E-state index contributed by atoms with van der Waals surface area (Å²) in [4.78, 5) is 116. The molecule has 5 aromatic rings. The number of carbonyl (C=O) groups is 6. The highest BCUT2D eigenvalue weighted by molar-refractivity contribution is 8.14. The lowest BCUT2D eigenvalue weighted by atomic mass is 9.99. The lowest BCUT2D eigenvalue weighted by Crippen LogP contribution is -2.56. The van der Waals surface area contributed by atoms with Crippen LogP contribution < -0.4 is 43.2 Å². The van der Waals surface area contributed by atoms with Crippen LogP contribution in [0.5, 0.6) is 0 Å². The number of aliphatic carboxylic acids is 1. The summed E-state index contributed by atoms with van der Waals surface area (Å²) in [5.74, 6) is -2.86. The van der Waals surface area contributed by atoms with Crippen molar-refractivity contribution in [2.75, 3.05) is 22.6 Å². The van der Waals surface area contributed by atoms with E-state index < -0.39 is 58.8 Å². The van der Waals surface area contributed by atoms with Gasteiger partial charge in [0, 0.05) is 30.0 Å². The number of nitrogens with zero attached hydrogens (tertiary/aromatic N) is 5. The van der Waals surface area contributed by atoms with Gasteiger partial charge in [0.1, 0.15) is 33.4 Å². The van der Waals surface area contributed by atoms with Crippen LogP contribution in [0, 0.1) is 5.92 Å². The fourth-order valence-corrected chi connectivity index (χ4v) is 9.78. The van der Waals surface area contributed by atoms with Crippen LogP contribution in [0.1, 0.15) is 78.8 Å². The number of rotatable bonds is 16. The first-order valence-electron chi connectivity index (χ1n) is 22.6. The number of hydrogen-bond acceptors (Lipinski definition) is 17. The number of fused-ring (bicyclic) bond motifs is 5. The van der Waals surface area contributed by atoms with Crippen molar-refractivity contribution in [2.45, 2.75) is 89.8 Å². The molecule has 0 saturated heterocycles. The molecule has 0 saturated carbocycles.